The number of benzene rings is 2. The summed E-state index contributed by atoms with van der Waals surface area (Å²) in [4.78, 5) is 29.1. The Morgan fingerprint density at radius 2 is 1.89 bits per heavy atom. The van der Waals surface area contributed by atoms with E-state index in [0.29, 0.717) is 32.6 Å². The zero-order chi connectivity index (χ0) is 24.8. The van der Waals surface area contributed by atoms with Gasteiger partial charge in [0.1, 0.15) is 0 Å². The third-order valence-electron chi connectivity index (χ3n) is 4.79. The van der Waals surface area contributed by atoms with Crippen molar-refractivity contribution in [2.24, 2.45) is 0 Å². The van der Waals surface area contributed by atoms with E-state index in [1.54, 1.807) is 54.9 Å². The molecule has 0 saturated heterocycles. The van der Waals surface area contributed by atoms with Crippen molar-refractivity contribution in [2.45, 2.75) is 4.90 Å². The highest BCUT2D eigenvalue weighted by molar-refractivity contribution is 7.97. The molecule has 2 aromatic carbocycles. The topological polar surface area (TPSA) is 96.2 Å². The Hall–Kier alpha value is -3.56. The van der Waals surface area contributed by atoms with Crippen LogP contribution in [-0.2, 0) is 4.79 Å². The molecule has 7 nitrogen and oxygen atoms in total. The smallest absolute Gasteiger partial charge is 0.267 e. The summed E-state index contributed by atoms with van der Waals surface area (Å²) in [7, 11) is 0. The number of halogens is 2. The quantitative estimate of drug-likeness (QED) is 0.152. The molecule has 0 aliphatic carbocycles. The first-order valence-electron chi connectivity index (χ1n) is 10.2. The second kappa shape index (κ2) is 11.2. The van der Waals surface area contributed by atoms with Crippen molar-refractivity contribution in [1.82, 2.24) is 14.4 Å². The third-order valence-corrected chi connectivity index (χ3v) is 6.33. The van der Waals surface area contributed by atoms with Gasteiger partial charge in [0.05, 0.1) is 21.3 Å². The van der Waals surface area contributed by atoms with Gasteiger partial charge < -0.3 is 5.32 Å². The number of hydroxylamine groups is 1. The molecule has 4 rings (SSSR count). The van der Waals surface area contributed by atoms with Gasteiger partial charge in [-0.1, -0.05) is 29.3 Å². The van der Waals surface area contributed by atoms with Gasteiger partial charge in [0.25, 0.3) is 11.8 Å². The Morgan fingerprint density at radius 3 is 2.63 bits per heavy atom. The molecule has 0 atom stereocenters. The Balaban J connectivity index is 1.45. The predicted octanol–water partition coefficient (Wildman–Crippen LogP) is 6.18. The molecular weight excluding hydrogens is 507 g/mol. The largest absolute Gasteiger partial charge is 0.322 e. The zero-order valence-corrected chi connectivity index (χ0v) is 20.3. The molecule has 10 heteroatoms. The van der Waals surface area contributed by atoms with Gasteiger partial charge in [-0.2, -0.15) is 0 Å². The lowest BCUT2D eigenvalue weighted by atomic mass is 10.1. The van der Waals surface area contributed by atoms with Gasteiger partial charge in [0, 0.05) is 40.8 Å². The summed E-state index contributed by atoms with van der Waals surface area (Å²) in [6.45, 7) is 0. The summed E-state index contributed by atoms with van der Waals surface area (Å²) in [5.74, 6) is -0.964. The summed E-state index contributed by atoms with van der Waals surface area (Å²) in [5.41, 5.74) is 4.62. The van der Waals surface area contributed by atoms with Crippen LogP contribution in [0.4, 0.5) is 5.69 Å². The molecular formula is C25H18Cl2N4O3S. The van der Waals surface area contributed by atoms with Crippen molar-refractivity contribution in [2.75, 3.05) is 5.32 Å². The molecule has 0 radical (unpaired) electrons. The number of carbonyl (C=O) groups is 2. The van der Waals surface area contributed by atoms with Crippen molar-refractivity contribution in [3.05, 3.63) is 107 Å². The molecule has 35 heavy (non-hydrogen) atoms. The van der Waals surface area contributed by atoms with Gasteiger partial charge in [-0.3, -0.25) is 23.8 Å². The number of amides is 2. The van der Waals surface area contributed by atoms with Crippen LogP contribution in [0, 0.1) is 0 Å². The minimum absolute atomic E-state index is 0.304. The fourth-order valence-electron chi connectivity index (χ4n) is 3.14. The van der Waals surface area contributed by atoms with Gasteiger partial charge in [-0.25, -0.2) is 5.48 Å². The van der Waals surface area contributed by atoms with E-state index in [9.17, 15) is 9.59 Å². The number of rotatable bonds is 7. The third kappa shape index (κ3) is 6.32. The van der Waals surface area contributed by atoms with E-state index in [1.807, 2.05) is 34.4 Å². The molecule has 3 N–H and O–H groups in total. The molecule has 0 aliphatic heterocycles. The van der Waals surface area contributed by atoms with E-state index >= 15 is 0 Å². The van der Waals surface area contributed by atoms with Gasteiger partial charge in [-0.05, 0) is 78.2 Å². The number of nitrogens with zero attached hydrogens (tertiary/aromatic N) is 2. The molecule has 2 heterocycles. The van der Waals surface area contributed by atoms with Crippen molar-refractivity contribution in [3.63, 3.8) is 0 Å². The first-order chi connectivity index (χ1) is 16.9. The monoisotopic (exact) mass is 524 g/mol. The molecule has 0 fully saturated rings. The number of anilines is 1. The van der Waals surface area contributed by atoms with Gasteiger partial charge in [0.15, 0.2) is 0 Å². The van der Waals surface area contributed by atoms with Crippen LogP contribution < -0.4 is 10.8 Å². The van der Waals surface area contributed by atoms with Crippen LogP contribution in [0.15, 0.2) is 90.2 Å². The lowest BCUT2D eigenvalue weighted by Crippen LogP contribution is -2.14. The van der Waals surface area contributed by atoms with E-state index in [4.69, 9.17) is 28.4 Å². The van der Waals surface area contributed by atoms with Crippen LogP contribution in [0.1, 0.15) is 15.9 Å². The molecule has 0 unspecified atom stereocenters. The Morgan fingerprint density at radius 1 is 1.03 bits per heavy atom. The number of aromatic nitrogens is 2. The molecule has 4 aromatic rings. The SMILES string of the molecule is O=C(/C=C/c1ccn(Sc2ccc(C(=O)Nc3ccc(Cl)c(-c4ccccn4)c3)c(Cl)c2)c1)NO. The van der Waals surface area contributed by atoms with E-state index in [0.717, 1.165) is 10.5 Å². The number of hydrogen-bond acceptors (Lipinski definition) is 5. The lowest BCUT2D eigenvalue weighted by molar-refractivity contribution is -0.124. The summed E-state index contributed by atoms with van der Waals surface area (Å²) in [5, 5.41) is 12.2. The molecule has 176 valence electrons. The fraction of sp³-hybridized carbons (Fsp3) is 0. The summed E-state index contributed by atoms with van der Waals surface area (Å²) < 4.78 is 1.83. The van der Waals surface area contributed by atoms with Crippen LogP contribution in [0.3, 0.4) is 0 Å². The van der Waals surface area contributed by atoms with Crippen LogP contribution in [-0.4, -0.2) is 26.0 Å². The molecule has 0 saturated carbocycles. The van der Waals surface area contributed by atoms with Crippen molar-refractivity contribution < 1.29 is 14.8 Å². The van der Waals surface area contributed by atoms with E-state index in [-0.39, 0.29) is 5.91 Å². The highest BCUT2D eigenvalue weighted by atomic mass is 35.5. The maximum absolute atomic E-state index is 12.9. The standard InChI is InChI=1S/C25H18Cl2N4O3S/c26-21-8-5-17(13-20(21)23-3-1-2-11-28-23)29-25(33)19-7-6-18(14-22(19)27)35-31-12-10-16(15-31)4-9-24(32)30-34/h1-15,34H,(H,29,33)(H,30,32)/b9-4+. The summed E-state index contributed by atoms with van der Waals surface area (Å²) in [6.07, 6.45) is 8.08. The zero-order valence-electron chi connectivity index (χ0n) is 18.0. The highest BCUT2D eigenvalue weighted by Crippen LogP contribution is 2.31. The molecule has 2 amide bonds. The molecule has 0 aliphatic rings. The average Bonchev–Trinajstić information content (AvgIpc) is 3.31. The number of nitrogens with one attached hydrogen (secondary N) is 2. The van der Waals surface area contributed by atoms with Crippen molar-refractivity contribution in [1.29, 1.82) is 0 Å². The molecule has 2 aromatic heterocycles. The maximum atomic E-state index is 12.9. The summed E-state index contributed by atoms with van der Waals surface area (Å²) >= 11 is 14.1. The van der Waals surface area contributed by atoms with Crippen LogP contribution in [0.5, 0.6) is 0 Å². The summed E-state index contributed by atoms with van der Waals surface area (Å²) in [6, 6.07) is 17.7. The van der Waals surface area contributed by atoms with Crippen molar-refractivity contribution >= 4 is 58.7 Å². The fourth-order valence-corrected chi connectivity index (χ4v) is 4.52. The van der Waals surface area contributed by atoms with Crippen LogP contribution >= 0.6 is 35.1 Å². The predicted molar refractivity (Wildman–Crippen MR) is 139 cm³/mol. The number of hydrogen-bond donors (Lipinski definition) is 3. The van der Waals surface area contributed by atoms with Crippen molar-refractivity contribution in [3.8, 4) is 11.3 Å². The maximum Gasteiger partial charge on any atom is 0.267 e. The van der Waals surface area contributed by atoms with Crippen LogP contribution in [0.2, 0.25) is 10.0 Å². The lowest BCUT2D eigenvalue weighted by Gasteiger charge is -2.11. The Bertz CT molecular complexity index is 1410. The second-order valence-electron chi connectivity index (χ2n) is 7.21. The first kappa shape index (κ1) is 24.6. The van der Waals surface area contributed by atoms with Gasteiger partial charge in [0.2, 0.25) is 0 Å². The van der Waals surface area contributed by atoms with Gasteiger partial charge in [-0.15, -0.1) is 0 Å². The molecule has 0 bridgehead atoms. The average molecular weight is 525 g/mol. The second-order valence-corrected chi connectivity index (χ2v) is 9.10. The van der Waals surface area contributed by atoms with Crippen LogP contribution in [0.25, 0.3) is 17.3 Å². The van der Waals surface area contributed by atoms with E-state index in [2.05, 4.69) is 10.3 Å². The highest BCUT2D eigenvalue weighted by Gasteiger charge is 2.14. The Kier molecular flexibility index (Phi) is 7.89. The first-order valence-corrected chi connectivity index (χ1v) is 11.8. The Labute approximate surface area is 215 Å². The number of carbonyl (C=O) groups excluding carboxylic acids is 2. The minimum atomic E-state index is -0.613. The minimum Gasteiger partial charge on any atom is -0.322 e. The van der Waals surface area contributed by atoms with E-state index < -0.39 is 5.91 Å². The molecule has 0 spiro atoms. The van der Waals surface area contributed by atoms with E-state index in [1.165, 1.54) is 23.5 Å². The number of pyridine rings is 1. The normalized spacial score (nSPS) is 10.9. The van der Waals surface area contributed by atoms with Gasteiger partial charge >= 0.3 is 0 Å².